The molecule has 21 heteroatoms. The molecule has 6 amide bonds. The van der Waals surface area contributed by atoms with Crippen molar-refractivity contribution in [2.45, 2.75) is 89.5 Å². The van der Waals surface area contributed by atoms with Crippen LogP contribution >= 0.6 is 7.60 Å². The number of aromatic nitrogens is 1. The lowest BCUT2D eigenvalue weighted by molar-refractivity contribution is -0.145. The minimum atomic E-state index is -5.09. The standard InChI is InChI=1S/C39H46F2N7O11P/c1-19(2)34(51)29(15-21-4-7-25(40)26(41)14-21)45-35(52)28(9-11-33(42)50)44-37(54)32-10-6-24-12-13-47(20(3)49)18-31(38(55)48(24)32)46-36(53)30-17-23-16-22(5-8-27(23)43-30)39(56)60(57,58)59/h4-5,7-8,14,16-17,19,24,28-29,31-32,43H,6,9-13,15,18H2,1-3H3,(H2,42,50)(H,44,54)(H,45,52)(H,46,53)(H2,57,58,59)/t24-,28+,29?,31?,32+/m1/s1. The van der Waals surface area contributed by atoms with Crippen LogP contribution in [0.5, 0.6) is 0 Å². The van der Waals surface area contributed by atoms with Crippen molar-refractivity contribution in [1.29, 1.82) is 0 Å². The molecule has 2 saturated heterocycles. The van der Waals surface area contributed by atoms with Gasteiger partial charge in [-0.05, 0) is 74.1 Å². The van der Waals surface area contributed by atoms with Crippen molar-refractivity contribution in [3.8, 4) is 0 Å². The lowest BCUT2D eigenvalue weighted by Crippen LogP contribution is -2.62. The molecule has 0 aliphatic carbocycles. The van der Waals surface area contributed by atoms with Gasteiger partial charge in [-0.25, -0.2) is 8.78 Å². The van der Waals surface area contributed by atoms with Crippen LogP contribution in [-0.2, 0) is 39.8 Å². The summed E-state index contributed by atoms with van der Waals surface area (Å²) in [4.78, 5) is 130. The van der Waals surface area contributed by atoms with Gasteiger partial charge in [0.05, 0.1) is 6.04 Å². The lowest BCUT2D eigenvalue weighted by Gasteiger charge is -2.38. The summed E-state index contributed by atoms with van der Waals surface area (Å²) in [6, 6.07) is 2.24. The number of hydrogen-bond donors (Lipinski definition) is 7. The zero-order valence-electron chi connectivity index (χ0n) is 32.9. The minimum absolute atomic E-state index is 0.0931. The molecule has 18 nitrogen and oxygen atoms in total. The third-order valence-corrected chi connectivity index (χ3v) is 11.4. The number of halogens is 2. The number of benzene rings is 2. The topological polar surface area (TPSA) is 278 Å². The van der Waals surface area contributed by atoms with Crippen molar-refractivity contribution < 1.29 is 61.5 Å². The van der Waals surface area contributed by atoms with Crippen LogP contribution in [0.15, 0.2) is 42.5 Å². The third-order valence-electron chi connectivity index (χ3n) is 10.6. The van der Waals surface area contributed by atoms with Crippen molar-refractivity contribution in [2.75, 3.05) is 13.1 Å². The molecule has 322 valence electrons. The fourth-order valence-corrected chi connectivity index (χ4v) is 7.92. The van der Waals surface area contributed by atoms with Crippen LogP contribution in [0.4, 0.5) is 8.78 Å². The van der Waals surface area contributed by atoms with Crippen molar-refractivity contribution in [1.82, 2.24) is 30.7 Å². The Hall–Kier alpha value is -5.85. The van der Waals surface area contributed by atoms with E-state index in [0.29, 0.717) is 11.9 Å². The van der Waals surface area contributed by atoms with E-state index in [0.717, 1.165) is 12.1 Å². The van der Waals surface area contributed by atoms with E-state index in [-0.39, 0.29) is 73.3 Å². The van der Waals surface area contributed by atoms with E-state index in [9.17, 15) is 61.5 Å². The molecule has 8 N–H and O–H groups in total. The number of ketones is 1. The van der Waals surface area contributed by atoms with Gasteiger partial charge in [0.1, 0.15) is 23.8 Å². The largest absolute Gasteiger partial charge is 0.396 e. The second-order valence-corrected chi connectivity index (χ2v) is 16.7. The van der Waals surface area contributed by atoms with E-state index in [4.69, 9.17) is 5.73 Å². The molecule has 1 aromatic heterocycles. The summed E-state index contributed by atoms with van der Waals surface area (Å²) >= 11 is 0. The van der Waals surface area contributed by atoms with Gasteiger partial charge in [-0.2, -0.15) is 0 Å². The Balaban J connectivity index is 1.37. The van der Waals surface area contributed by atoms with E-state index >= 15 is 0 Å². The Morgan fingerprint density at radius 2 is 1.67 bits per heavy atom. The summed E-state index contributed by atoms with van der Waals surface area (Å²) in [7, 11) is -5.09. The molecule has 3 heterocycles. The van der Waals surface area contributed by atoms with Crippen LogP contribution in [0.25, 0.3) is 10.9 Å². The van der Waals surface area contributed by atoms with Gasteiger partial charge in [0.15, 0.2) is 17.4 Å². The van der Waals surface area contributed by atoms with Gasteiger partial charge in [-0.15, -0.1) is 0 Å². The van der Waals surface area contributed by atoms with Gasteiger partial charge in [0.2, 0.25) is 29.5 Å². The molecule has 5 rings (SSSR count). The van der Waals surface area contributed by atoms with Crippen molar-refractivity contribution in [3.63, 3.8) is 0 Å². The predicted molar refractivity (Wildman–Crippen MR) is 209 cm³/mol. The van der Waals surface area contributed by atoms with Gasteiger partial charge in [-0.1, -0.05) is 19.9 Å². The van der Waals surface area contributed by atoms with Crippen molar-refractivity contribution in [2.24, 2.45) is 11.7 Å². The van der Waals surface area contributed by atoms with Gasteiger partial charge >= 0.3 is 7.60 Å². The summed E-state index contributed by atoms with van der Waals surface area (Å²) in [6.07, 6.45) is -0.160. The average Bonchev–Trinajstić information content (AvgIpc) is 3.80. The maximum atomic E-state index is 14.4. The first-order valence-corrected chi connectivity index (χ1v) is 20.7. The molecule has 2 fully saturated rings. The first-order valence-electron chi connectivity index (χ1n) is 19.1. The summed E-state index contributed by atoms with van der Waals surface area (Å²) < 4.78 is 39.2. The number of nitrogens with two attached hydrogens (primary N) is 1. The monoisotopic (exact) mass is 857 g/mol. The third kappa shape index (κ3) is 10.7. The minimum Gasteiger partial charge on any atom is -0.370 e. The van der Waals surface area contributed by atoms with Crippen molar-refractivity contribution >= 4 is 65.2 Å². The number of amides is 6. The molecule has 0 radical (unpaired) electrons. The molecule has 5 atom stereocenters. The quantitative estimate of drug-likeness (QED) is 0.107. The molecule has 2 unspecified atom stereocenters. The van der Waals surface area contributed by atoms with Crippen LogP contribution in [-0.4, -0.2) is 115 Å². The van der Waals surface area contributed by atoms with E-state index in [2.05, 4.69) is 20.9 Å². The highest BCUT2D eigenvalue weighted by Gasteiger charge is 2.46. The molecular formula is C39H46F2N7O11P. The number of H-pyrrole nitrogens is 1. The molecule has 2 aliphatic rings. The maximum absolute atomic E-state index is 14.4. The Kier molecular flexibility index (Phi) is 14.0. The Labute approximate surface area is 342 Å². The maximum Gasteiger partial charge on any atom is 0.396 e. The number of hydrogen-bond acceptors (Lipinski definition) is 9. The first-order chi connectivity index (χ1) is 28.1. The molecule has 0 bridgehead atoms. The highest BCUT2D eigenvalue weighted by Crippen LogP contribution is 2.39. The normalized spacial score (nSPS) is 19.2. The van der Waals surface area contributed by atoms with Crippen molar-refractivity contribution in [3.05, 3.63) is 70.9 Å². The number of Topliss-reactive ketones (excluding diaryl/α,β-unsaturated/α-hetero) is 1. The van der Waals surface area contributed by atoms with Gasteiger partial charge in [0.25, 0.3) is 11.4 Å². The highest BCUT2D eigenvalue weighted by molar-refractivity contribution is 7.70. The van der Waals surface area contributed by atoms with Gasteiger partial charge < -0.3 is 46.3 Å². The average molecular weight is 858 g/mol. The van der Waals surface area contributed by atoms with Gasteiger partial charge in [-0.3, -0.25) is 42.9 Å². The number of rotatable bonds is 15. The second kappa shape index (κ2) is 18.6. The van der Waals surface area contributed by atoms with Crippen LogP contribution in [0, 0.1) is 17.6 Å². The Bertz CT molecular complexity index is 2280. The van der Waals surface area contributed by atoms with E-state index in [1.165, 1.54) is 47.1 Å². The fraction of sp³-hybridized carbons (Fsp3) is 0.436. The molecule has 60 heavy (non-hydrogen) atoms. The molecule has 0 spiro atoms. The molecule has 2 aliphatic heterocycles. The fourth-order valence-electron chi connectivity index (χ4n) is 7.44. The summed E-state index contributed by atoms with van der Waals surface area (Å²) in [5, 5.41) is 8.05. The first kappa shape index (κ1) is 45.2. The summed E-state index contributed by atoms with van der Waals surface area (Å²) in [6.45, 7) is 4.36. The SMILES string of the molecule is CC(=O)N1CC[C@H]2CC[C@@H](C(=O)N[C@@H](CCC(N)=O)C(=O)NC(Cc3ccc(F)c(F)c3)C(=O)C(C)C)N2C(=O)C(NC(=O)c2cc3cc(C(=O)P(=O)(O)O)ccc3[nH]2)C1. The van der Waals surface area contributed by atoms with E-state index in [1.54, 1.807) is 13.8 Å². The van der Waals surface area contributed by atoms with Crippen LogP contribution in [0.1, 0.15) is 79.3 Å². The zero-order chi connectivity index (χ0) is 44.2. The van der Waals surface area contributed by atoms with Crippen LogP contribution in [0.3, 0.4) is 0 Å². The zero-order valence-corrected chi connectivity index (χ0v) is 33.8. The predicted octanol–water partition coefficient (Wildman–Crippen LogP) is 1.18. The summed E-state index contributed by atoms with van der Waals surface area (Å²) in [5.74, 6) is -7.66. The van der Waals surface area contributed by atoms with Gasteiger partial charge in [0, 0.05) is 54.9 Å². The van der Waals surface area contributed by atoms with Crippen LogP contribution in [0.2, 0.25) is 0 Å². The number of aromatic amines is 1. The van der Waals surface area contributed by atoms with E-state index in [1.807, 2.05) is 0 Å². The van der Waals surface area contributed by atoms with Crippen LogP contribution < -0.4 is 21.7 Å². The number of carbonyl (C=O) groups excluding carboxylic acids is 8. The number of nitrogens with one attached hydrogen (secondary N) is 4. The number of nitrogens with zero attached hydrogens (tertiary/aromatic N) is 2. The highest BCUT2D eigenvalue weighted by atomic mass is 31.2. The smallest absolute Gasteiger partial charge is 0.370 e. The lowest BCUT2D eigenvalue weighted by atomic mass is 9.95. The Morgan fingerprint density at radius 1 is 0.950 bits per heavy atom. The number of primary amides is 1. The van der Waals surface area contributed by atoms with E-state index < -0.39 is 96.2 Å². The molecule has 0 saturated carbocycles. The second-order valence-electron chi connectivity index (χ2n) is 15.2. The summed E-state index contributed by atoms with van der Waals surface area (Å²) in [5.41, 5.74) is 4.10. The number of fused-ring (bicyclic) bond motifs is 2. The molecular weight excluding hydrogens is 811 g/mol. The number of carbonyl (C=O) groups is 8. The molecule has 2 aromatic carbocycles. The Morgan fingerprint density at radius 3 is 2.30 bits per heavy atom. The molecule has 3 aromatic rings.